The first kappa shape index (κ1) is 9.49. The van der Waals surface area contributed by atoms with E-state index in [9.17, 15) is 0 Å². The first-order chi connectivity index (χ1) is 5.84. The van der Waals surface area contributed by atoms with Gasteiger partial charge in [-0.05, 0) is 31.0 Å². The third kappa shape index (κ3) is 2.80. The Labute approximate surface area is 77.8 Å². The Morgan fingerprint density at radius 3 is 3.00 bits per heavy atom. The van der Waals surface area contributed by atoms with Crippen LogP contribution in [-0.4, -0.2) is 11.5 Å². The van der Waals surface area contributed by atoms with E-state index >= 15 is 0 Å². The molecule has 0 aliphatic rings. The van der Waals surface area contributed by atoms with Crippen molar-refractivity contribution in [1.82, 2.24) is 4.98 Å². The van der Waals surface area contributed by atoms with Crippen LogP contribution in [0, 0.1) is 0 Å². The first-order valence-corrected chi connectivity index (χ1v) is 4.52. The summed E-state index contributed by atoms with van der Waals surface area (Å²) in [6, 6.07) is 3.88. The molecular weight excluding hydrogens is 172 g/mol. The minimum absolute atomic E-state index is 0.0576. The third-order valence-electron chi connectivity index (χ3n) is 1.71. The van der Waals surface area contributed by atoms with Gasteiger partial charge in [-0.25, -0.2) is 0 Å². The van der Waals surface area contributed by atoms with Crippen LogP contribution in [0.4, 0.5) is 0 Å². The fraction of sp³-hybridized carbons (Fsp3) is 0.444. The zero-order valence-corrected chi connectivity index (χ0v) is 7.67. The number of nitrogens with two attached hydrogens (primary N) is 1. The van der Waals surface area contributed by atoms with Crippen molar-refractivity contribution in [3.05, 3.63) is 30.1 Å². The SMILES string of the molecule is NCCC[C@H](Cl)c1cccnc1. The second kappa shape index (κ2) is 5.12. The molecule has 1 aromatic heterocycles. The predicted octanol–water partition coefficient (Wildman–Crippen LogP) is 2.10. The molecule has 3 heteroatoms. The summed E-state index contributed by atoms with van der Waals surface area (Å²) >= 11 is 6.09. The van der Waals surface area contributed by atoms with Crippen LogP contribution >= 0.6 is 11.6 Å². The lowest BCUT2D eigenvalue weighted by Crippen LogP contribution is -2.00. The standard InChI is InChI=1S/C9H13ClN2/c10-9(4-1-5-11)8-3-2-6-12-7-8/h2-3,6-7,9H,1,4-5,11H2/t9-/m0/s1. The van der Waals surface area contributed by atoms with Crippen molar-refractivity contribution in [1.29, 1.82) is 0 Å². The molecule has 2 nitrogen and oxygen atoms in total. The quantitative estimate of drug-likeness (QED) is 0.728. The smallest absolute Gasteiger partial charge is 0.0600 e. The number of aromatic nitrogens is 1. The molecule has 0 amide bonds. The monoisotopic (exact) mass is 184 g/mol. The Morgan fingerprint density at radius 2 is 2.42 bits per heavy atom. The maximum Gasteiger partial charge on any atom is 0.0600 e. The van der Waals surface area contributed by atoms with E-state index in [2.05, 4.69) is 4.98 Å². The van der Waals surface area contributed by atoms with Crippen molar-refractivity contribution in [2.75, 3.05) is 6.54 Å². The molecule has 0 spiro atoms. The van der Waals surface area contributed by atoms with Crippen LogP contribution in [0.5, 0.6) is 0 Å². The van der Waals surface area contributed by atoms with E-state index in [4.69, 9.17) is 17.3 Å². The molecule has 0 saturated carbocycles. The normalized spacial score (nSPS) is 12.8. The zero-order chi connectivity index (χ0) is 8.81. The van der Waals surface area contributed by atoms with E-state index in [1.165, 1.54) is 0 Å². The van der Waals surface area contributed by atoms with Crippen molar-refractivity contribution in [2.24, 2.45) is 5.73 Å². The molecule has 0 fully saturated rings. The largest absolute Gasteiger partial charge is 0.330 e. The van der Waals surface area contributed by atoms with Crippen LogP contribution in [0.15, 0.2) is 24.5 Å². The van der Waals surface area contributed by atoms with E-state index < -0.39 is 0 Å². The van der Waals surface area contributed by atoms with Gasteiger partial charge in [0.05, 0.1) is 5.38 Å². The summed E-state index contributed by atoms with van der Waals surface area (Å²) in [7, 11) is 0. The summed E-state index contributed by atoms with van der Waals surface area (Å²) in [5.41, 5.74) is 6.46. The summed E-state index contributed by atoms with van der Waals surface area (Å²) in [6.45, 7) is 0.698. The molecule has 0 unspecified atom stereocenters. The molecule has 0 saturated heterocycles. The van der Waals surface area contributed by atoms with Crippen molar-refractivity contribution >= 4 is 11.6 Å². The van der Waals surface area contributed by atoms with Crippen molar-refractivity contribution in [2.45, 2.75) is 18.2 Å². The van der Waals surface area contributed by atoms with Gasteiger partial charge in [0.15, 0.2) is 0 Å². The van der Waals surface area contributed by atoms with E-state index in [1.807, 2.05) is 12.1 Å². The number of hydrogen-bond acceptors (Lipinski definition) is 2. The number of pyridine rings is 1. The Morgan fingerprint density at radius 1 is 1.58 bits per heavy atom. The Hall–Kier alpha value is -0.600. The second-order valence-electron chi connectivity index (χ2n) is 2.68. The number of rotatable bonds is 4. The molecule has 0 radical (unpaired) electrons. The van der Waals surface area contributed by atoms with Gasteiger partial charge in [-0.15, -0.1) is 11.6 Å². The molecular formula is C9H13ClN2. The summed E-state index contributed by atoms with van der Waals surface area (Å²) in [4.78, 5) is 4.00. The molecule has 12 heavy (non-hydrogen) atoms. The van der Waals surface area contributed by atoms with Gasteiger partial charge in [0, 0.05) is 12.4 Å². The lowest BCUT2D eigenvalue weighted by molar-refractivity contribution is 0.724. The molecule has 0 aliphatic carbocycles. The van der Waals surface area contributed by atoms with Gasteiger partial charge >= 0.3 is 0 Å². The molecule has 2 N–H and O–H groups in total. The maximum absolute atomic E-state index is 6.09. The third-order valence-corrected chi connectivity index (χ3v) is 2.18. The van der Waals surface area contributed by atoms with Crippen LogP contribution in [0.3, 0.4) is 0 Å². The van der Waals surface area contributed by atoms with Crippen LogP contribution in [-0.2, 0) is 0 Å². The van der Waals surface area contributed by atoms with Crippen LogP contribution in [0.2, 0.25) is 0 Å². The lowest BCUT2D eigenvalue weighted by atomic mass is 10.1. The molecule has 0 bridgehead atoms. The molecule has 1 aromatic rings. The van der Waals surface area contributed by atoms with Gasteiger partial charge in [-0.1, -0.05) is 6.07 Å². The molecule has 1 atom stereocenters. The Kier molecular flexibility index (Phi) is 4.05. The summed E-state index contributed by atoms with van der Waals surface area (Å²) in [5, 5.41) is 0.0576. The highest BCUT2D eigenvalue weighted by molar-refractivity contribution is 6.20. The number of halogens is 1. The molecule has 1 rings (SSSR count). The average molecular weight is 185 g/mol. The molecule has 1 heterocycles. The minimum Gasteiger partial charge on any atom is -0.330 e. The number of nitrogens with zero attached hydrogens (tertiary/aromatic N) is 1. The van der Waals surface area contributed by atoms with Gasteiger partial charge in [-0.3, -0.25) is 4.98 Å². The second-order valence-corrected chi connectivity index (χ2v) is 3.21. The Bertz CT molecular complexity index is 213. The molecule has 66 valence electrons. The predicted molar refractivity (Wildman–Crippen MR) is 51.1 cm³/mol. The van der Waals surface area contributed by atoms with Crippen LogP contribution in [0.25, 0.3) is 0 Å². The highest BCUT2D eigenvalue weighted by Gasteiger charge is 2.05. The van der Waals surface area contributed by atoms with Crippen molar-refractivity contribution in [3.8, 4) is 0 Å². The van der Waals surface area contributed by atoms with Crippen LogP contribution in [0.1, 0.15) is 23.8 Å². The fourth-order valence-electron chi connectivity index (χ4n) is 1.02. The zero-order valence-electron chi connectivity index (χ0n) is 6.91. The summed E-state index contributed by atoms with van der Waals surface area (Å²) in [5.74, 6) is 0. The van der Waals surface area contributed by atoms with Gasteiger partial charge in [-0.2, -0.15) is 0 Å². The fourth-order valence-corrected chi connectivity index (χ4v) is 1.31. The van der Waals surface area contributed by atoms with E-state index in [-0.39, 0.29) is 5.38 Å². The van der Waals surface area contributed by atoms with Gasteiger partial charge in [0.1, 0.15) is 0 Å². The first-order valence-electron chi connectivity index (χ1n) is 4.08. The van der Waals surface area contributed by atoms with Crippen molar-refractivity contribution < 1.29 is 0 Å². The highest BCUT2D eigenvalue weighted by atomic mass is 35.5. The van der Waals surface area contributed by atoms with Gasteiger partial charge in [0.2, 0.25) is 0 Å². The number of alkyl halides is 1. The number of hydrogen-bond donors (Lipinski definition) is 1. The average Bonchev–Trinajstić information content (AvgIpc) is 2.15. The van der Waals surface area contributed by atoms with E-state index in [1.54, 1.807) is 12.4 Å². The Balaban J connectivity index is 2.48. The highest BCUT2D eigenvalue weighted by Crippen LogP contribution is 2.23. The molecule has 0 aliphatic heterocycles. The van der Waals surface area contributed by atoms with Crippen LogP contribution < -0.4 is 5.73 Å². The van der Waals surface area contributed by atoms with Gasteiger partial charge < -0.3 is 5.73 Å². The summed E-state index contributed by atoms with van der Waals surface area (Å²) in [6.07, 6.45) is 5.43. The van der Waals surface area contributed by atoms with E-state index in [0.29, 0.717) is 6.54 Å². The van der Waals surface area contributed by atoms with Gasteiger partial charge in [0.25, 0.3) is 0 Å². The molecule has 0 aromatic carbocycles. The van der Waals surface area contributed by atoms with E-state index in [0.717, 1.165) is 18.4 Å². The minimum atomic E-state index is 0.0576. The lowest BCUT2D eigenvalue weighted by Gasteiger charge is -2.07. The van der Waals surface area contributed by atoms with Crippen molar-refractivity contribution in [3.63, 3.8) is 0 Å². The maximum atomic E-state index is 6.09. The topological polar surface area (TPSA) is 38.9 Å². The summed E-state index contributed by atoms with van der Waals surface area (Å²) < 4.78 is 0.